The predicted molar refractivity (Wildman–Crippen MR) is 97.8 cm³/mol. The first-order valence-electron chi connectivity index (χ1n) is 9.53. The first-order chi connectivity index (χ1) is 12.3. The van der Waals surface area contributed by atoms with Crippen molar-refractivity contribution < 1.29 is 4.52 Å². The summed E-state index contributed by atoms with van der Waals surface area (Å²) < 4.78 is 5.55. The summed E-state index contributed by atoms with van der Waals surface area (Å²) in [5.74, 6) is 8.73. The Labute approximate surface area is 149 Å². The third kappa shape index (κ3) is 3.62. The second-order valence-corrected chi connectivity index (χ2v) is 7.07. The van der Waals surface area contributed by atoms with E-state index in [2.05, 4.69) is 45.9 Å². The highest BCUT2D eigenvalue weighted by atomic mass is 16.5. The smallest absolute Gasteiger partial charge is 0.244 e. The average molecular weight is 335 g/mol. The molecule has 1 atom stereocenters. The maximum atomic E-state index is 5.55. The molecule has 130 valence electrons. The molecule has 1 aromatic carbocycles. The van der Waals surface area contributed by atoms with Crippen LogP contribution in [0.5, 0.6) is 0 Å². The average Bonchev–Trinajstić information content (AvgIpc) is 3.41. The minimum atomic E-state index is 0.280. The quantitative estimate of drug-likeness (QED) is 0.778. The lowest BCUT2D eigenvalue weighted by Crippen LogP contribution is -2.22. The maximum absolute atomic E-state index is 5.55. The van der Waals surface area contributed by atoms with Gasteiger partial charge in [-0.2, -0.15) is 4.98 Å². The molecule has 1 aromatic heterocycles. The van der Waals surface area contributed by atoms with Gasteiger partial charge in [-0.15, -0.1) is 0 Å². The SMILES string of the molecule is CCN1CCC[C@H]1c1nc(-c2ccc(C#CC3CCCC3)cc2)no1. The molecule has 4 nitrogen and oxygen atoms in total. The lowest BCUT2D eigenvalue weighted by atomic mass is 10.1. The van der Waals surface area contributed by atoms with Crippen LogP contribution in [0.3, 0.4) is 0 Å². The van der Waals surface area contributed by atoms with Gasteiger partial charge in [-0.1, -0.05) is 36.8 Å². The van der Waals surface area contributed by atoms with Crippen LogP contribution in [0.4, 0.5) is 0 Å². The summed E-state index contributed by atoms with van der Waals surface area (Å²) in [6.07, 6.45) is 7.47. The minimum Gasteiger partial charge on any atom is -0.337 e. The van der Waals surface area contributed by atoms with Crippen molar-refractivity contribution >= 4 is 0 Å². The summed E-state index contributed by atoms with van der Waals surface area (Å²) in [6, 6.07) is 8.48. The van der Waals surface area contributed by atoms with Gasteiger partial charge in [0.1, 0.15) is 0 Å². The van der Waals surface area contributed by atoms with Crippen LogP contribution in [0, 0.1) is 17.8 Å². The van der Waals surface area contributed by atoms with Gasteiger partial charge in [-0.3, -0.25) is 4.90 Å². The highest BCUT2D eigenvalue weighted by Gasteiger charge is 2.29. The first kappa shape index (κ1) is 16.4. The van der Waals surface area contributed by atoms with Gasteiger partial charge in [0, 0.05) is 17.0 Å². The third-order valence-corrected chi connectivity index (χ3v) is 5.42. The molecule has 0 radical (unpaired) electrons. The van der Waals surface area contributed by atoms with Gasteiger partial charge in [-0.05, 0) is 63.0 Å². The summed E-state index contributed by atoms with van der Waals surface area (Å²) in [6.45, 7) is 4.32. The number of rotatable bonds is 3. The fourth-order valence-corrected chi connectivity index (χ4v) is 3.93. The lowest BCUT2D eigenvalue weighted by Gasteiger charge is -2.18. The zero-order valence-corrected chi connectivity index (χ0v) is 14.9. The van der Waals surface area contributed by atoms with E-state index in [9.17, 15) is 0 Å². The Morgan fingerprint density at radius 2 is 1.92 bits per heavy atom. The highest BCUT2D eigenvalue weighted by molar-refractivity contribution is 5.56. The number of hydrogen-bond acceptors (Lipinski definition) is 4. The molecule has 25 heavy (non-hydrogen) atoms. The van der Waals surface area contributed by atoms with Crippen molar-refractivity contribution in [1.29, 1.82) is 0 Å². The van der Waals surface area contributed by atoms with E-state index in [1.165, 1.54) is 32.1 Å². The van der Waals surface area contributed by atoms with Crippen molar-refractivity contribution in [3.8, 4) is 23.2 Å². The number of aromatic nitrogens is 2. The Balaban J connectivity index is 1.47. The third-order valence-electron chi connectivity index (χ3n) is 5.42. The van der Waals surface area contributed by atoms with E-state index in [1.54, 1.807) is 0 Å². The number of nitrogens with zero attached hydrogens (tertiary/aromatic N) is 3. The number of benzene rings is 1. The molecular formula is C21H25N3O. The van der Waals surface area contributed by atoms with Gasteiger partial charge in [0.05, 0.1) is 6.04 Å². The summed E-state index contributed by atoms with van der Waals surface area (Å²) in [5.41, 5.74) is 2.05. The minimum absolute atomic E-state index is 0.280. The van der Waals surface area contributed by atoms with Crippen molar-refractivity contribution in [2.45, 2.75) is 51.5 Å². The Morgan fingerprint density at radius 1 is 1.12 bits per heavy atom. The molecule has 0 unspecified atom stereocenters. The summed E-state index contributed by atoms with van der Waals surface area (Å²) in [5, 5.41) is 4.19. The van der Waals surface area contributed by atoms with E-state index in [0.29, 0.717) is 11.7 Å². The Bertz CT molecular complexity index is 762. The van der Waals surface area contributed by atoms with Gasteiger partial charge < -0.3 is 4.52 Å². The van der Waals surface area contributed by atoms with Crippen molar-refractivity contribution in [1.82, 2.24) is 15.0 Å². The molecule has 2 fully saturated rings. The Hall–Kier alpha value is -2.12. The van der Waals surface area contributed by atoms with Gasteiger partial charge in [-0.25, -0.2) is 0 Å². The van der Waals surface area contributed by atoms with E-state index in [0.717, 1.165) is 36.5 Å². The summed E-state index contributed by atoms with van der Waals surface area (Å²) in [4.78, 5) is 7.05. The molecule has 0 N–H and O–H groups in total. The van der Waals surface area contributed by atoms with Crippen LogP contribution in [0.25, 0.3) is 11.4 Å². The molecular weight excluding hydrogens is 310 g/mol. The Kier molecular flexibility index (Phi) is 4.85. The maximum Gasteiger partial charge on any atom is 0.244 e. The van der Waals surface area contributed by atoms with E-state index >= 15 is 0 Å². The van der Waals surface area contributed by atoms with Gasteiger partial charge in [0.2, 0.25) is 11.7 Å². The van der Waals surface area contributed by atoms with E-state index in [1.807, 2.05) is 12.1 Å². The van der Waals surface area contributed by atoms with Crippen LogP contribution in [0.1, 0.15) is 62.9 Å². The fourth-order valence-electron chi connectivity index (χ4n) is 3.93. The van der Waals surface area contributed by atoms with Crippen molar-refractivity contribution in [2.24, 2.45) is 5.92 Å². The second kappa shape index (κ2) is 7.41. The van der Waals surface area contributed by atoms with Gasteiger partial charge in [0.25, 0.3) is 0 Å². The van der Waals surface area contributed by atoms with Crippen molar-refractivity contribution in [3.63, 3.8) is 0 Å². The highest BCUT2D eigenvalue weighted by Crippen LogP contribution is 2.31. The molecule has 4 rings (SSSR count). The molecule has 1 aliphatic carbocycles. The van der Waals surface area contributed by atoms with E-state index < -0.39 is 0 Å². The molecule has 0 bridgehead atoms. The first-order valence-corrected chi connectivity index (χ1v) is 9.53. The zero-order chi connectivity index (χ0) is 17.1. The molecule has 2 heterocycles. The van der Waals surface area contributed by atoms with Crippen molar-refractivity contribution in [2.75, 3.05) is 13.1 Å². The lowest BCUT2D eigenvalue weighted by molar-refractivity contribution is 0.217. The topological polar surface area (TPSA) is 42.2 Å². The van der Waals surface area contributed by atoms with Gasteiger partial charge >= 0.3 is 0 Å². The zero-order valence-electron chi connectivity index (χ0n) is 14.9. The number of likely N-dealkylation sites (tertiary alicyclic amines) is 1. The summed E-state index contributed by atoms with van der Waals surface area (Å²) >= 11 is 0. The van der Waals surface area contributed by atoms with Crippen LogP contribution in [0.15, 0.2) is 28.8 Å². The largest absolute Gasteiger partial charge is 0.337 e. The van der Waals surface area contributed by atoms with Crippen LogP contribution in [-0.2, 0) is 0 Å². The molecule has 4 heteroatoms. The monoisotopic (exact) mass is 335 g/mol. The molecule has 2 aromatic rings. The van der Waals surface area contributed by atoms with Crippen LogP contribution in [0.2, 0.25) is 0 Å². The van der Waals surface area contributed by atoms with Gasteiger partial charge in [0.15, 0.2) is 0 Å². The van der Waals surface area contributed by atoms with Crippen LogP contribution in [-0.4, -0.2) is 28.1 Å². The normalized spacial score (nSPS) is 21.4. The molecule has 2 aliphatic rings. The van der Waals surface area contributed by atoms with Crippen LogP contribution < -0.4 is 0 Å². The fraction of sp³-hybridized carbons (Fsp3) is 0.524. The van der Waals surface area contributed by atoms with Crippen molar-refractivity contribution in [3.05, 3.63) is 35.7 Å². The molecule has 1 saturated carbocycles. The van der Waals surface area contributed by atoms with E-state index in [4.69, 9.17) is 4.52 Å². The van der Waals surface area contributed by atoms with E-state index in [-0.39, 0.29) is 6.04 Å². The predicted octanol–water partition coefficient (Wildman–Crippen LogP) is 4.44. The summed E-state index contributed by atoms with van der Waals surface area (Å²) in [7, 11) is 0. The second-order valence-electron chi connectivity index (χ2n) is 7.07. The molecule has 1 aliphatic heterocycles. The molecule has 0 spiro atoms. The number of hydrogen-bond donors (Lipinski definition) is 0. The molecule has 0 amide bonds. The Morgan fingerprint density at radius 3 is 2.68 bits per heavy atom. The molecule has 1 saturated heterocycles. The van der Waals surface area contributed by atoms with Crippen LogP contribution >= 0.6 is 0 Å². The standard InChI is InChI=1S/C21H25N3O/c1-2-24-15-5-8-19(24)21-22-20(23-25-21)18-13-11-17(12-14-18)10-9-16-6-3-4-7-16/h11-14,16,19H,2-8,15H2,1H3/t19-/m0/s1.